The monoisotopic (exact) mass is 184 g/mol. The van der Waals surface area contributed by atoms with Crippen LogP contribution in [0, 0.1) is 0 Å². The Hall–Kier alpha value is -0.0800. The number of hydrogen-bond donors (Lipinski definition) is 1. The van der Waals surface area contributed by atoms with Crippen molar-refractivity contribution in [3.63, 3.8) is 0 Å². The van der Waals surface area contributed by atoms with Crippen molar-refractivity contribution < 1.29 is 0 Å². The Bertz CT molecular complexity index is 156. The van der Waals surface area contributed by atoms with Crippen molar-refractivity contribution in [1.29, 1.82) is 0 Å². The van der Waals surface area contributed by atoms with Crippen LogP contribution < -0.4 is 5.32 Å². The number of likely N-dealkylation sites (tertiary alicyclic amines) is 1. The Morgan fingerprint density at radius 2 is 2.15 bits per heavy atom. The van der Waals surface area contributed by atoms with Crippen LogP contribution in [0.5, 0.6) is 0 Å². The normalized spacial score (nSPS) is 30.2. The molecule has 1 heterocycles. The molecule has 1 aliphatic heterocycles. The first-order chi connectivity index (χ1) is 6.13. The standard InChI is InChI=1S/C11H24N2/c1-5-6-11(12-4)7-8-13(9-11)10(2)3/h10,12H,5-9H2,1-4H3. The molecule has 0 amide bonds. The minimum Gasteiger partial charge on any atom is -0.313 e. The maximum atomic E-state index is 3.52. The summed E-state index contributed by atoms with van der Waals surface area (Å²) in [6.07, 6.45) is 3.91. The quantitative estimate of drug-likeness (QED) is 0.717. The minimum absolute atomic E-state index is 0.416. The Kier molecular flexibility index (Phi) is 3.74. The van der Waals surface area contributed by atoms with Gasteiger partial charge in [-0.25, -0.2) is 0 Å². The highest BCUT2D eigenvalue weighted by atomic mass is 15.2. The predicted molar refractivity (Wildman–Crippen MR) is 58.0 cm³/mol. The largest absolute Gasteiger partial charge is 0.313 e. The highest BCUT2D eigenvalue weighted by Gasteiger charge is 2.36. The lowest BCUT2D eigenvalue weighted by Gasteiger charge is -2.30. The number of nitrogens with one attached hydrogen (secondary N) is 1. The van der Waals surface area contributed by atoms with E-state index in [1.807, 2.05) is 0 Å². The first kappa shape index (κ1) is 11.0. The van der Waals surface area contributed by atoms with Crippen LogP contribution >= 0.6 is 0 Å². The molecule has 0 saturated carbocycles. The van der Waals surface area contributed by atoms with Gasteiger partial charge in [-0.2, -0.15) is 0 Å². The van der Waals surface area contributed by atoms with Crippen molar-refractivity contribution in [2.45, 2.75) is 51.6 Å². The van der Waals surface area contributed by atoms with Gasteiger partial charge in [-0.05, 0) is 33.7 Å². The summed E-state index contributed by atoms with van der Waals surface area (Å²) < 4.78 is 0. The molecule has 1 saturated heterocycles. The minimum atomic E-state index is 0.416. The molecule has 0 aromatic rings. The Labute approximate surface area is 82.7 Å². The van der Waals surface area contributed by atoms with E-state index in [2.05, 4.69) is 38.0 Å². The van der Waals surface area contributed by atoms with E-state index >= 15 is 0 Å². The zero-order valence-electron chi connectivity index (χ0n) is 9.56. The highest BCUT2D eigenvalue weighted by Crippen LogP contribution is 2.26. The third kappa shape index (κ3) is 2.44. The fourth-order valence-corrected chi connectivity index (χ4v) is 2.36. The molecule has 1 unspecified atom stereocenters. The van der Waals surface area contributed by atoms with Crippen molar-refractivity contribution >= 4 is 0 Å². The van der Waals surface area contributed by atoms with E-state index in [9.17, 15) is 0 Å². The van der Waals surface area contributed by atoms with Gasteiger partial charge in [-0.3, -0.25) is 4.90 Å². The smallest absolute Gasteiger partial charge is 0.0318 e. The second-order valence-corrected chi connectivity index (χ2v) is 4.59. The Morgan fingerprint density at radius 3 is 2.54 bits per heavy atom. The van der Waals surface area contributed by atoms with Crippen LogP contribution in [0.3, 0.4) is 0 Å². The Balaban J connectivity index is 2.52. The molecule has 1 rings (SSSR count). The molecular formula is C11H24N2. The third-order valence-corrected chi connectivity index (χ3v) is 3.37. The fourth-order valence-electron chi connectivity index (χ4n) is 2.36. The third-order valence-electron chi connectivity index (χ3n) is 3.37. The van der Waals surface area contributed by atoms with Gasteiger partial charge in [0.1, 0.15) is 0 Å². The fraction of sp³-hybridized carbons (Fsp3) is 1.00. The van der Waals surface area contributed by atoms with Crippen molar-refractivity contribution in [2.24, 2.45) is 0 Å². The van der Waals surface area contributed by atoms with Gasteiger partial charge in [0.25, 0.3) is 0 Å². The molecule has 0 aromatic heterocycles. The van der Waals surface area contributed by atoms with Gasteiger partial charge >= 0.3 is 0 Å². The first-order valence-electron chi connectivity index (χ1n) is 5.56. The lowest BCUT2D eigenvalue weighted by molar-refractivity contribution is 0.237. The summed E-state index contributed by atoms with van der Waals surface area (Å²) in [4.78, 5) is 2.58. The molecule has 0 spiro atoms. The molecule has 13 heavy (non-hydrogen) atoms. The van der Waals surface area contributed by atoms with Gasteiger partial charge in [0.05, 0.1) is 0 Å². The summed E-state index contributed by atoms with van der Waals surface area (Å²) in [6, 6.07) is 0.701. The molecule has 78 valence electrons. The van der Waals surface area contributed by atoms with Crippen molar-refractivity contribution in [2.75, 3.05) is 20.1 Å². The van der Waals surface area contributed by atoms with Crippen LogP contribution in [0.1, 0.15) is 40.0 Å². The van der Waals surface area contributed by atoms with Gasteiger partial charge in [0, 0.05) is 24.7 Å². The van der Waals surface area contributed by atoms with Crippen molar-refractivity contribution in [3.8, 4) is 0 Å². The van der Waals surface area contributed by atoms with Crippen LogP contribution in [0.15, 0.2) is 0 Å². The van der Waals surface area contributed by atoms with E-state index in [1.54, 1.807) is 0 Å². The van der Waals surface area contributed by atoms with E-state index in [0.717, 1.165) is 0 Å². The number of likely N-dealkylation sites (N-methyl/N-ethyl adjacent to an activating group) is 1. The average molecular weight is 184 g/mol. The molecule has 2 heteroatoms. The van der Waals surface area contributed by atoms with Gasteiger partial charge in [-0.1, -0.05) is 13.3 Å². The highest BCUT2D eigenvalue weighted by molar-refractivity contribution is 4.96. The molecule has 1 N–H and O–H groups in total. The number of nitrogens with zero attached hydrogens (tertiary/aromatic N) is 1. The van der Waals surface area contributed by atoms with Gasteiger partial charge in [-0.15, -0.1) is 0 Å². The van der Waals surface area contributed by atoms with Crippen LogP contribution in [0.4, 0.5) is 0 Å². The zero-order chi connectivity index (χ0) is 9.90. The maximum Gasteiger partial charge on any atom is 0.0318 e. The Morgan fingerprint density at radius 1 is 1.46 bits per heavy atom. The summed E-state index contributed by atoms with van der Waals surface area (Å²) >= 11 is 0. The molecule has 0 aliphatic carbocycles. The lowest BCUT2D eigenvalue weighted by atomic mass is 9.93. The van der Waals surface area contributed by atoms with Gasteiger partial charge < -0.3 is 5.32 Å². The summed E-state index contributed by atoms with van der Waals surface area (Å²) in [5.41, 5.74) is 0.416. The predicted octanol–water partition coefficient (Wildman–Crippen LogP) is 1.86. The van der Waals surface area contributed by atoms with Crippen LogP contribution in [0.25, 0.3) is 0 Å². The van der Waals surface area contributed by atoms with E-state index in [-0.39, 0.29) is 0 Å². The van der Waals surface area contributed by atoms with Gasteiger partial charge in [0.15, 0.2) is 0 Å². The first-order valence-corrected chi connectivity index (χ1v) is 5.56. The lowest BCUT2D eigenvalue weighted by Crippen LogP contribution is -2.46. The van der Waals surface area contributed by atoms with E-state index in [4.69, 9.17) is 0 Å². The van der Waals surface area contributed by atoms with Crippen LogP contribution in [0.2, 0.25) is 0 Å². The molecule has 1 fully saturated rings. The molecule has 2 nitrogen and oxygen atoms in total. The topological polar surface area (TPSA) is 15.3 Å². The van der Waals surface area contributed by atoms with E-state index in [0.29, 0.717) is 11.6 Å². The SMILES string of the molecule is CCCC1(NC)CCN(C(C)C)C1. The number of hydrogen-bond acceptors (Lipinski definition) is 2. The average Bonchev–Trinajstić information content (AvgIpc) is 2.51. The molecular weight excluding hydrogens is 160 g/mol. The second kappa shape index (κ2) is 4.43. The van der Waals surface area contributed by atoms with Gasteiger partial charge in [0.2, 0.25) is 0 Å². The maximum absolute atomic E-state index is 3.52. The van der Waals surface area contributed by atoms with E-state index < -0.39 is 0 Å². The zero-order valence-corrected chi connectivity index (χ0v) is 9.56. The molecule has 1 aliphatic rings. The summed E-state index contributed by atoms with van der Waals surface area (Å²) in [7, 11) is 2.11. The summed E-state index contributed by atoms with van der Waals surface area (Å²) in [5, 5.41) is 3.52. The van der Waals surface area contributed by atoms with Crippen molar-refractivity contribution in [3.05, 3.63) is 0 Å². The summed E-state index contributed by atoms with van der Waals surface area (Å²) in [5.74, 6) is 0. The summed E-state index contributed by atoms with van der Waals surface area (Å²) in [6.45, 7) is 9.35. The molecule has 0 bridgehead atoms. The van der Waals surface area contributed by atoms with Crippen molar-refractivity contribution in [1.82, 2.24) is 10.2 Å². The van der Waals surface area contributed by atoms with Crippen LogP contribution in [-0.4, -0.2) is 36.6 Å². The van der Waals surface area contributed by atoms with Crippen LogP contribution in [-0.2, 0) is 0 Å². The second-order valence-electron chi connectivity index (χ2n) is 4.59. The molecule has 0 aromatic carbocycles. The van der Waals surface area contributed by atoms with E-state index in [1.165, 1.54) is 32.4 Å². The molecule has 1 atom stereocenters. The molecule has 0 radical (unpaired) electrons. The number of rotatable bonds is 4.